The summed E-state index contributed by atoms with van der Waals surface area (Å²) in [5.41, 5.74) is 2.87. The van der Waals surface area contributed by atoms with Gasteiger partial charge in [-0.05, 0) is 37.1 Å². The first kappa shape index (κ1) is 14.2. The fraction of sp³-hybridized carbons (Fsp3) is 0.429. The van der Waals surface area contributed by atoms with E-state index in [-0.39, 0.29) is 12.5 Å². The van der Waals surface area contributed by atoms with E-state index in [4.69, 9.17) is 5.11 Å². The molecule has 4 nitrogen and oxygen atoms in total. The molecule has 0 saturated carbocycles. The Bertz CT molecular complexity index is 448. The van der Waals surface area contributed by atoms with E-state index in [9.17, 15) is 9.59 Å². The molecule has 1 N–H and O–H groups in total. The topological polar surface area (TPSA) is 57.6 Å². The Balaban J connectivity index is 3.04. The molecule has 1 amide bonds. The van der Waals surface area contributed by atoms with Crippen LogP contribution in [0.15, 0.2) is 18.2 Å². The summed E-state index contributed by atoms with van der Waals surface area (Å²) in [4.78, 5) is 24.1. The first-order chi connectivity index (χ1) is 8.31. The lowest BCUT2D eigenvalue weighted by Crippen LogP contribution is -2.35. The number of amides is 1. The van der Waals surface area contributed by atoms with Crippen LogP contribution in [0.25, 0.3) is 0 Å². The van der Waals surface area contributed by atoms with Crippen LogP contribution >= 0.6 is 0 Å². The van der Waals surface area contributed by atoms with Crippen LogP contribution in [0.3, 0.4) is 0 Å². The van der Waals surface area contributed by atoms with E-state index in [1.165, 1.54) is 11.8 Å². The number of aryl methyl sites for hydroxylation is 2. The van der Waals surface area contributed by atoms with Crippen LogP contribution in [0.2, 0.25) is 0 Å². The summed E-state index contributed by atoms with van der Waals surface area (Å²) in [7, 11) is 0. The van der Waals surface area contributed by atoms with Crippen molar-refractivity contribution in [3.63, 3.8) is 0 Å². The van der Waals surface area contributed by atoms with Crippen LogP contribution in [-0.2, 0) is 9.59 Å². The Kier molecular flexibility index (Phi) is 4.48. The highest BCUT2D eigenvalue weighted by Crippen LogP contribution is 2.20. The van der Waals surface area contributed by atoms with Gasteiger partial charge in [-0.2, -0.15) is 0 Å². The number of carbonyl (C=O) groups is 2. The summed E-state index contributed by atoms with van der Waals surface area (Å²) in [6.45, 7) is 7.14. The Morgan fingerprint density at radius 1 is 1.22 bits per heavy atom. The minimum Gasteiger partial charge on any atom is -0.481 e. The molecule has 18 heavy (non-hydrogen) atoms. The number of hydrogen-bond donors (Lipinski definition) is 1. The summed E-state index contributed by atoms with van der Waals surface area (Å²) >= 11 is 0. The Labute approximate surface area is 107 Å². The number of benzene rings is 1. The highest BCUT2D eigenvalue weighted by Gasteiger charge is 2.19. The zero-order chi connectivity index (χ0) is 13.9. The largest absolute Gasteiger partial charge is 0.481 e. The molecule has 0 radical (unpaired) electrons. The van der Waals surface area contributed by atoms with Crippen molar-refractivity contribution in [1.82, 2.24) is 0 Å². The lowest BCUT2D eigenvalue weighted by Gasteiger charge is -2.24. The minimum atomic E-state index is -0.898. The van der Waals surface area contributed by atoms with E-state index in [0.29, 0.717) is 0 Å². The molecule has 0 spiro atoms. The Morgan fingerprint density at radius 3 is 2.11 bits per heavy atom. The standard InChI is InChI=1S/C14H19NO3/c1-9-5-10(2)7-13(6-9)15(12(4)16)8-11(3)14(17)18/h5-7,11H,8H2,1-4H3,(H,17,18). The van der Waals surface area contributed by atoms with Gasteiger partial charge >= 0.3 is 5.97 Å². The molecule has 98 valence electrons. The van der Waals surface area contributed by atoms with Gasteiger partial charge in [0.15, 0.2) is 0 Å². The molecule has 0 bridgehead atoms. The maximum Gasteiger partial charge on any atom is 0.308 e. The van der Waals surface area contributed by atoms with Gasteiger partial charge in [0, 0.05) is 19.2 Å². The smallest absolute Gasteiger partial charge is 0.308 e. The quantitative estimate of drug-likeness (QED) is 0.891. The Morgan fingerprint density at radius 2 is 1.72 bits per heavy atom. The molecule has 0 saturated heterocycles. The number of rotatable bonds is 4. The van der Waals surface area contributed by atoms with Crippen molar-refractivity contribution in [1.29, 1.82) is 0 Å². The van der Waals surface area contributed by atoms with E-state index >= 15 is 0 Å². The van der Waals surface area contributed by atoms with Crippen LogP contribution in [0, 0.1) is 19.8 Å². The van der Waals surface area contributed by atoms with Gasteiger partial charge in [-0.15, -0.1) is 0 Å². The second-order valence-electron chi connectivity index (χ2n) is 4.71. The molecule has 1 aromatic rings. The molecular formula is C14H19NO3. The van der Waals surface area contributed by atoms with Gasteiger partial charge in [-0.1, -0.05) is 13.0 Å². The van der Waals surface area contributed by atoms with Crippen LogP contribution in [0.5, 0.6) is 0 Å². The third-order valence-electron chi connectivity index (χ3n) is 2.78. The molecule has 0 aliphatic heterocycles. The van der Waals surface area contributed by atoms with Crippen molar-refractivity contribution < 1.29 is 14.7 Å². The summed E-state index contributed by atoms with van der Waals surface area (Å²) in [6.07, 6.45) is 0. The average molecular weight is 249 g/mol. The number of anilines is 1. The molecule has 1 unspecified atom stereocenters. The van der Waals surface area contributed by atoms with Crippen molar-refractivity contribution in [3.8, 4) is 0 Å². The fourth-order valence-electron chi connectivity index (χ4n) is 1.87. The number of carboxylic acids is 1. The van der Waals surface area contributed by atoms with E-state index in [0.717, 1.165) is 16.8 Å². The first-order valence-electron chi connectivity index (χ1n) is 5.90. The SMILES string of the molecule is CC(=O)N(CC(C)C(=O)O)c1cc(C)cc(C)c1. The number of carboxylic acid groups (broad SMARTS) is 1. The summed E-state index contributed by atoms with van der Waals surface area (Å²) < 4.78 is 0. The minimum absolute atomic E-state index is 0.145. The van der Waals surface area contributed by atoms with Crippen molar-refractivity contribution >= 4 is 17.6 Å². The number of carbonyl (C=O) groups excluding carboxylic acids is 1. The third kappa shape index (κ3) is 3.58. The van der Waals surface area contributed by atoms with Gasteiger partial charge in [0.25, 0.3) is 0 Å². The average Bonchev–Trinajstić information content (AvgIpc) is 2.23. The van der Waals surface area contributed by atoms with Crippen LogP contribution in [0.1, 0.15) is 25.0 Å². The predicted molar refractivity (Wildman–Crippen MR) is 70.7 cm³/mol. The second-order valence-corrected chi connectivity index (χ2v) is 4.71. The third-order valence-corrected chi connectivity index (χ3v) is 2.78. The fourth-order valence-corrected chi connectivity index (χ4v) is 1.87. The zero-order valence-electron chi connectivity index (χ0n) is 11.2. The van der Waals surface area contributed by atoms with Gasteiger partial charge in [-0.25, -0.2) is 0 Å². The Hall–Kier alpha value is -1.84. The molecule has 0 aromatic heterocycles. The van der Waals surface area contributed by atoms with E-state index in [1.54, 1.807) is 6.92 Å². The van der Waals surface area contributed by atoms with Crippen molar-refractivity contribution in [2.75, 3.05) is 11.4 Å². The monoisotopic (exact) mass is 249 g/mol. The second kappa shape index (κ2) is 5.67. The normalized spacial score (nSPS) is 12.0. The van der Waals surface area contributed by atoms with Gasteiger partial charge in [0.1, 0.15) is 0 Å². The summed E-state index contributed by atoms with van der Waals surface area (Å²) in [5.74, 6) is -1.63. The highest BCUT2D eigenvalue weighted by atomic mass is 16.4. The highest BCUT2D eigenvalue weighted by molar-refractivity contribution is 5.92. The lowest BCUT2D eigenvalue weighted by molar-refractivity contribution is -0.140. The van der Waals surface area contributed by atoms with Crippen LogP contribution < -0.4 is 4.90 Å². The van der Waals surface area contributed by atoms with Gasteiger partial charge in [0.05, 0.1) is 5.92 Å². The molecule has 0 fully saturated rings. The zero-order valence-corrected chi connectivity index (χ0v) is 11.2. The number of aliphatic carboxylic acids is 1. The van der Waals surface area contributed by atoms with Crippen molar-refractivity contribution in [3.05, 3.63) is 29.3 Å². The lowest BCUT2D eigenvalue weighted by atomic mass is 10.1. The molecule has 4 heteroatoms. The van der Waals surface area contributed by atoms with Crippen LogP contribution in [0.4, 0.5) is 5.69 Å². The molecule has 1 atom stereocenters. The molecule has 0 aliphatic carbocycles. The molecule has 0 heterocycles. The maximum absolute atomic E-state index is 11.7. The molecule has 1 aromatic carbocycles. The van der Waals surface area contributed by atoms with E-state index in [1.807, 2.05) is 32.0 Å². The summed E-state index contributed by atoms with van der Waals surface area (Å²) in [6, 6.07) is 5.80. The predicted octanol–water partition coefficient (Wildman–Crippen LogP) is 2.38. The first-order valence-corrected chi connectivity index (χ1v) is 5.90. The van der Waals surface area contributed by atoms with Crippen LogP contribution in [-0.4, -0.2) is 23.5 Å². The van der Waals surface area contributed by atoms with Gasteiger partial charge < -0.3 is 10.0 Å². The summed E-state index contributed by atoms with van der Waals surface area (Å²) in [5, 5.41) is 8.93. The maximum atomic E-state index is 11.7. The van der Waals surface area contributed by atoms with Gasteiger partial charge in [-0.3, -0.25) is 9.59 Å². The molecule has 0 aliphatic rings. The molecular weight excluding hydrogens is 230 g/mol. The van der Waals surface area contributed by atoms with Crippen molar-refractivity contribution in [2.45, 2.75) is 27.7 Å². The van der Waals surface area contributed by atoms with E-state index in [2.05, 4.69) is 0 Å². The number of hydrogen-bond acceptors (Lipinski definition) is 2. The number of nitrogens with zero attached hydrogens (tertiary/aromatic N) is 1. The van der Waals surface area contributed by atoms with Crippen molar-refractivity contribution in [2.24, 2.45) is 5.92 Å². The van der Waals surface area contributed by atoms with Gasteiger partial charge in [0.2, 0.25) is 5.91 Å². The molecule has 1 rings (SSSR count). The van der Waals surface area contributed by atoms with E-state index < -0.39 is 11.9 Å².